The zero-order valence-corrected chi connectivity index (χ0v) is 11.8. The first-order valence-corrected chi connectivity index (χ1v) is 7.55. The van der Waals surface area contributed by atoms with Gasteiger partial charge in [-0.05, 0) is 34.9 Å². The molecule has 0 unspecified atom stereocenters. The molecule has 92 valence electrons. The first kappa shape index (κ1) is 13.0. The van der Waals surface area contributed by atoms with Crippen molar-refractivity contribution in [2.45, 2.75) is 0 Å². The molecule has 2 aromatic rings. The van der Waals surface area contributed by atoms with Crippen molar-refractivity contribution in [1.29, 1.82) is 0 Å². The van der Waals surface area contributed by atoms with E-state index in [1.807, 2.05) is 24.3 Å². The lowest BCUT2D eigenvalue weighted by Crippen LogP contribution is -2.11. The second kappa shape index (κ2) is 5.93. The molecule has 0 aromatic heterocycles. The summed E-state index contributed by atoms with van der Waals surface area (Å²) in [6.07, 6.45) is 0. The maximum absolute atomic E-state index is 5.18. The molecule has 0 aliphatic carbocycles. The summed E-state index contributed by atoms with van der Waals surface area (Å²) in [5.74, 6) is 1.80. The Balaban J connectivity index is 2.20. The Hall–Kier alpha value is -1.47. The predicted molar refractivity (Wildman–Crippen MR) is 80.7 cm³/mol. The van der Waals surface area contributed by atoms with Crippen LogP contribution in [-0.2, 0) is 0 Å². The van der Waals surface area contributed by atoms with Crippen LogP contribution in [0.5, 0.6) is 11.5 Å². The lowest BCUT2D eigenvalue weighted by Gasteiger charge is -2.14. The molecule has 0 bridgehead atoms. The molecule has 0 heterocycles. The zero-order chi connectivity index (χ0) is 13.0. The Bertz CT molecular complexity index is 449. The highest BCUT2D eigenvalue weighted by Crippen LogP contribution is 2.28. The Morgan fingerprint density at radius 2 is 1.06 bits per heavy atom. The second-order valence-corrected chi connectivity index (χ2v) is 6.11. The van der Waals surface area contributed by atoms with Gasteiger partial charge in [0.25, 0.3) is 0 Å². The lowest BCUT2D eigenvalue weighted by atomic mass is 10.3. The van der Waals surface area contributed by atoms with E-state index in [4.69, 9.17) is 9.47 Å². The number of benzene rings is 2. The van der Waals surface area contributed by atoms with Gasteiger partial charge in [-0.25, -0.2) is 0 Å². The molecule has 0 atom stereocenters. The number of hydrogen-bond donors (Lipinski definition) is 0. The van der Waals surface area contributed by atoms with Crippen molar-refractivity contribution in [3.8, 4) is 11.5 Å². The van der Waals surface area contributed by atoms with Crippen molar-refractivity contribution in [3.63, 3.8) is 0 Å². The molecule has 2 nitrogen and oxygen atoms in total. The average molecular weight is 258 g/mol. The van der Waals surface area contributed by atoms with Crippen molar-refractivity contribution in [2.75, 3.05) is 14.2 Å². The number of rotatable bonds is 4. The van der Waals surface area contributed by atoms with Crippen molar-refractivity contribution in [3.05, 3.63) is 48.5 Å². The minimum absolute atomic E-state index is 0.317. The first-order chi connectivity index (χ1) is 8.74. The second-order valence-electron chi connectivity index (χ2n) is 3.96. The van der Waals surface area contributed by atoms with Gasteiger partial charge in [0.2, 0.25) is 0 Å². The fourth-order valence-electron chi connectivity index (χ4n) is 1.76. The Labute approximate surface area is 110 Å². The molecule has 4 heteroatoms. The van der Waals surface area contributed by atoms with Gasteiger partial charge in [-0.3, -0.25) is 0 Å². The van der Waals surface area contributed by atoms with Gasteiger partial charge >= 0.3 is 0 Å². The lowest BCUT2D eigenvalue weighted by molar-refractivity contribution is 0.415. The summed E-state index contributed by atoms with van der Waals surface area (Å²) >= 11 is 0. The molecule has 0 aliphatic heterocycles. The third-order valence-corrected chi connectivity index (χ3v) is 5.06. The maximum Gasteiger partial charge on any atom is 0.145 e. The highest BCUT2D eigenvalue weighted by atomic mass is 31.1. The Kier molecular flexibility index (Phi) is 4.27. The molecule has 0 saturated heterocycles. The van der Waals surface area contributed by atoms with E-state index in [1.165, 1.54) is 10.6 Å². The van der Waals surface area contributed by atoms with E-state index in [0.717, 1.165) is 11.5 Å². The third-order valence-electron chi connectivity index (χ3n) is 2.92. The number of ether oxygens (including phenoxy) is 2. The highest BCUT2D eigenvalue weighted by Gasteiger charge is 2.07. The molecule has 0 saturated carbocycles. The quantitative estimate of drug-likeness (QED) is 0.613. The first-order valence-electron chi connectivity index (χ1n) is 5.76. The SMILES string of the molecule is BP(c1ccc(OC)cc1)c1ccc(OC)cc1. The van der Waals surface area contributed by atoms with Crippen LogP contribution in [0.4, 0.5) is 0 Å². The van der Waals surface area contributed by atoms with Crippen LogP contribution in [0.1, 0.15) is 0 Å². The zero-order valence-electron chi connectivity index (χ0n) is 10.9. The van der Waals surface area contributed by atoms with Crippen molar-refractivity contribution < 1.29 is 9.47 Å². The molecule has 0 radical (unpaired) electrons. The van der Waals surface area contributed by atoms with Crippen LogP contribution < -0.4 is 20.1 Å². The van der Waals surface area contributed by atoms with E-state index in [1.54, 1.807) is 14.2 Å². The van der Waals surface area contributed by atoms with Crippen LogP contribution in [-0.4, -0.2) is 21.8 Å². The summed E-state index contributed by atoms with van der Waals surface area (Å²) in [4.78, 5) is 0. The van der Waals surface area contributed by atoms with E-state index < -0.39 is 0 Å². The molecule has 18 heavy (non-hydrogen) atoms. The Morgan fingerprint density at radius 3 is 1.33 bits per heavy atom. The molecule has 0 N–H and O–H groups in total. The summed E-state index contributed by atoms with van der Waals surface area (Å²) in [5, 5.41) is 2.69. The normalized spacial score (nSPS) is 10.4. The Morgan fingerprint density at radius 1 is 0.722 bits per heavy atom. The molecule has 0 amide bonds. The minimum atomic E-state index is -0.317. The fraction of sp³-hybridized carbons (Fsp3) is 0.143. The van der Waals surface area contributed by atoms with Crippen molar-refractivity contribution in [2.24, 2.45) is 0 Å². The topological polar surface area (TPSA) is 18.5 Å². The van der Waals surface area contributed by atoms with Gasteiger partial charge < -0.3 is 9.47 Å². The summed E-state index contributed by atoms with van der Waals surface area (Å²) in [6.45, 7) is 0. The molecule has 0 aliphatic rings. The molecule has 2 rings (SSSR count). The molecular weight excluding hydrogens is 242 g/mol. The predicted octanol–water partition coefficient (Wildman–Crippen LogP) is 1.68. The van der Waals surface area contributed by atoms with Gasteiger partial charge in [0.15, 0.2) is 0 Å². The van der Waals surface area contributed by atoms with Crippen LogP contribution >= 0.6 is 7.80 Å². The van der Waals surface area contributed by atoms with Crippen LogP contribution in [0, 0.1) is 0 Å². The van der Waals surface area contributed by atoms with Gasteiger partial charge in [-0.15, -0.1) is 0 Å². The highest BCUT2D eigenvalue weighted by molar-refractivity contribution is 7.94. The average Bonchev–Trinajstić information content (AvgIpc) is 2.47. The van der Waals surface area contributed by atoms with E-state index >= 15 is 0 Å². The number of methoxy groups -OCH3 is 2. The molecule has 2 aromatic carbocycles. The summed E-state index contributed by atoms with van der Waals surface area (Å²) in [7, 11) is 5.32. The standard InChI is InChI=1S/C14H16BO2P/c1-16-11-3-7-13(8-4-11)18(15)14-9-5-12(17-2)6-10-14/h3-10H,15H2,1-2H3. The van der Waals surface area contributed by atoms with Crippen LogP contribution in [0.3, 0.4) is 0 Å². The van der Waals surface area contributed by atoms with Gasteiger partial charge in [0.05, 0.1) is 14.2 Å². The molecular formula is C14H16BO2P. The van der Waals surface area contributed by atoms with Gasteiger partial charge in [-0.1, -0.05) is 32.1 Å². The van der Waals surface area contributed by atoms with E-state index in [2.05, 4.69) is 31.8 Å². The third kappa shape index (κ3) is 2.86. The van der Waals surface area contributed by atoms with Crippen LogP contribution in [0.25, 0.3) is 0 Å². The van der Waals surface area contributed by atoms with Crippen LogP contribution in [0.2, 0.25) is 0 Å². The molecule has 0 fully saturated rings. The summed E-state index contributed by atoms with van der Waals surface area (Å²) < 4.78 is 10.4. The van der Waals surface area contributed by atoms with Crippen LogP contribution in [0.15, 0.2) is 48.5 Å². The monoisotopic (exact) mass is 258 g/mol. The summed E-state index contributed by atoms with van der Waals surface area (Å²) in [5.41, 5.74) is 0. The smallest absolute Gasteiger partial charge is 0.145 e. The van der Waals surface area contributed by atoms with Crippen molar-refractivity contribution in [1.82, 2.24) is 0 Å². The van der Waals surface area contributed by atoms with Crippen molar-refractivity contribution >= 4 is 26.0 Å². The van der Waals surface area contributed by atoms with Gasteiger partial charge in [0, 0.05) is 0 Å². The minimum Gasteiger partial charge on any atom is -0.497 e. The largest absolute Gasteiger partial charge is 0.497 e. The van der Waals surface area contributed by atoms with Gasteiger partial charge in [-0.2, -0.15) is 0 Å². The van der Waals surface area contributed by atoms with E-state index in [9.17, 15) is 0 Å². The van der Waals surface area contributed by atoms with E-state index in [-0.39, 0.29) is 7.80 Å². The summed E-state index contributed by atoms with van der Waals surface area (Å²) in [6, 6.07) is 16.6. The number of hydrogen-bond acceptors (Lipinski definition) is 2. The fourth-order valence-corrected chi connectivity index (χ4v) is 3.25. The van der Waals surface area contributed by atoms with E-state index in [0.29, 0.717) is 0 Å². The molecule has 0 spiro atoms. The maximum atomic E-state index is 5.18. The van der Waals surface area contributed by atoms with Gasteiger partial charge in [0.1, 0.15) is 19.1 Å².